The Balaban J connectivity index is 4.07. The van der Waals surface area contributed by atoms with Gasteiger partial charge < -0.3 is 9.90 Å². The normalized spacial score (nSPS) is 14.7. The molecule has 0 rings (SSSR count). The Bertz CT molecular complexity index is 402. The van der Waals surface area contributed by atoms with Crippen LogP contribution in [0.15, 0.2) is 36.5 Å². The number of nitro groups is 1. The molecule has 23 heavy (non-hydrogen) atoms. The lowest BCUT2D eigenvalue weighted by Gasteiger charge is -2.14. The molecule has 0 spiro atoms. The van der Waals surface area contributed by atoms with Crippen LogP contribution >= 0.6 is 0 Å². The third-order valence-corrected chi connectivity index (χ3v) is 3.44. The van der Waals surface area contributed by atoms with Crippen molar-refractivity contribution in [1.82, 2.24) is 0 Å². The topological polar surface area (TPSA) is 80.4 Å². The zero-order valence-electron chi connectivity index (χ0n) is 14.0. The molecule has 130 valence electrons. The molecule has 0 aromatic heterocycles. The smallest absolute Gasteiger partial charge is 0.241 e. The van der Waals surface area contributed by atoms with Gasteiger partial charge in [-0.15, -0.1) is 0 Å². The molecule has 1 N–H and O–H groups in total. The third-order valence-electron chi connectivity index (χ3n) is 3.44. The highest BCUT2D eigenvalue weighted by Crippen LogP contribution is 2.12. The van der Waals surface area contributed by atoms with Crippen molar-refractivity contribution in [3.8, 4) is 0 Å². The molecule has 0 aliphatic heterocycles. The minimum absolute atomic E-state index is 0.228. The number of allylic oxidation sites excluding steroid dienone is 5. The molecular formula is C18H29NO4. The first-order chi connectivity index (χ1) is 11.1. The standard InChI is InChI=1S/C18H29NO4/c1-2-3-4-5-6-7-8-9-11-14-17(19(22)23)18(21)15-12-10-13-16-20/h3-4,6-7,9,11,16-18,21H,2,5,8,10,12-15H2,1H3/b4-3-,7-6-,11-9-. The van der Waals surface area contributed by atoms with Gasteiger partial charge in [0.1, 0.15) is 12.4 Å². The molecule has 0 bridgehead atoms. The van der Waals surface area contributed by atoms with E-state index in [0.29, 0.717) is 25.7 Å². The second kappa shape index (κ2) is 15.2. The molecule has 0 amide bonds. The first kappa shape index (κ1) is 21.2. The molecule has 0 saturated heterocycles. The Labute approximate surface area is 138 Å². The summed E-state index contributed by atoms with van der Waals surface area (Å²) in [4.78, 5) is 20.8. The lowest BCUT2D eigenvalue weighted by atomic mass is 10.0. The fraction of sp³-hybridized carbons (Fsp3) is 0.611. The SMILES string of the molecule is CC/C=C\C/C=C\C/C=C\CC(C(O)CCCCC=O)[N+](=O)[O-]. The average Bonchev–Trinajstić information content (AvgIpc) is 2.53. The summed E-state index contributed by atoms with van der Waals surface area (Å²) in [6.45, 7) is 2.09. The quantitative estimate of drug-likeness (QED) is 0.172. The van der Waals surface area contributed by atoms with E-state index in [-0.39, 0.29) is 6.42 Å². The van der Waals surface area contributed by atoms with E-state index in [4.69, 9.17) is 0 Å². The fourth-order valence-electron chi connectivity index (χ4n) is 2.10. The van der Waals surface area contributed by atoms with E-state index in [9.17, 15) is 20.0 Å². The highest BCUT2D eigenvalue weighted by atomic mass is 16.6. The molecule has 5 nitrogen and oxygen atoms in total. The summed E-state index contributed by atoms with van der Waals surface area (Å²) in [5.41, 5.74) is 0. The number of aliphatic hydroxyl groups is 1. The van der Waals surface area contributed by atoms with Crippen molar-refractivity contribution in [3.63, 3.8) is 0 Å². The molecule has 5 heteroatoms. The summed E-state index contributed by atoms with van der Waals surface area (Å²) in [7, 11) is 0. The van der Waals surface area contributed by atoms with Gasteiger partial charge in [-0.25, -0.2) is 0 Å². The maximum atomic E-state index is 11.0. The summed E-state index contributed by atoms with van der Waals surface area (Å²) >= 11 is 0. The number of aliphatic hydroxyl groups excluding tert-OH is 1. The van der Waals surface area contributed by atoms with Gasteiger partial charge >= 0.3 is 0 Å². The van der Waals surface area contributed by atoms with Crippen LogP contribution in [-0.2, 0) is 4.79 Å². The molecule has 0 aromatic rings. The van der Waals surface area contributed by atoms with E-state index in [1.807, 2.05) is 12.2 Å². The predicted molar refractivity (Wildman–Crippen MR) is 92.9 cm³/mol. The Morgan fingerprint density at radius 1 is 1.04 bits per heavy atom. The summed E-state index contributed by atoms with van der Waals surface area (Å²) in [6.07, 6.45) is 16.8. The third kappa shape index (κ3) is 12.5. The number of aldehydes is 1. The van der Waals surface area contributed by atoms with Crippen molar-refractivity contribution in [2.45, 2.75) is 70.4 Å². The number of rotatable bonds is 14. The van der Waals surface area contributed by atoms with Crippen molar-refractivity contribution in [3.05, 3.63) is 46.6 Å². The van der Waals surface area contributed by atoms with E-state index in [1.165, 1.54) is 0 Å². The van der Waals surface area contributed by atoms with Gasteiger partial charge in [-0.3, -0.25) is 10.1 Å². The van der Waals surface area contributed by atoms with Gasteiger partial charge in [0.25, 0.3) is 0 Å². The molecule has 0 aromatic carbocycles. The Morgan fingerprint density at radius 3 is 2.22 bits per heavy atom. The van der Waals surface area contributed by atoms with Gasteiger partial charge in [0.2, 0.25) is 6.04 Å². The highest BCUT2D eigenvalue weighted by Gasteiger charge is 2.27. The van der Waals surface area contributed by atoms with Crippen molar-refractivity contribution in [2.24, 2.45) is 0 Å². The maximum absolute atomic E-state index is 11.0. The number of carbonyl (C=O) groups is 1. The molecule has 2 atom stereocenters. The molecule has 2 unspecified atom stereocenters. The second-order valence-electron chi connectivity index (χ2n) is 5.40. The van der Waals surface area contributed by atoms with Crippen LogP contribution < -0.4 is 0 Å². The van der Waals surface area contributed by atoms with Crippen molar-refractivity contribution < 1.29 is 14.8 Å². The second-order valence-corrected chi connectivity index (χ2v) is 5.40. The first-order valence-electron chi connectivity index (χ1n) is 8.33. The van der Waals surface area contributed by atoms with E-state index in [2.05, 4.69) is 25.2 Å². The lowest BCUT2D eigenvalue weighted by molar-refractivity contribution is -0.533. The number of unbranched alkanes of at least 4 members (excludes halogenated alkanes) is 2. The zero-order chi connectivity index (χ0) is 17.3. The van der Waals surface area contributed by atoms with Crippen LogP contribution in [0.3, 0.4) is 0 Å². The molecule has 0 saturated carbocycles. The molecule has 0 fully saturated rings. The van der Waals surface area contributed by atoms with Gasteiger partial charge in [-0.05, 0) is 32.1 Å². The molecule has 0 aliphatic rings. The predicted octanol–water partition coefficient (Wildman–Crippen LogP) is 4.00. The minimum Gasteiger partial charge on any atom is -0.386 e. The minimum atomic E-state index is -0.973. The maximum Gasteiger partial charge on any atom is 0.241 e. The molecule has 0 radical (unpaired) electrons. The summed E-state index contributed by atoms with van der Waals surface area (Å²) in [6, 6.07) is -0.973. The van der Waals surface area contributed by atoms with Crippen molar-refractivity contribution in [1.29, 1.82) is 0 Å². The average molecular weight is 323 g/mol. The van der Waals surface area contributed by atoms with E-state index < -0.39 is 17.1 Å². The lowest BCUT2D eigenvalue weighted by Crippen LogP contribution is -2.33. The number of nitrogens with zero attached hydrogens (tertiary/aromatic N) is 1. The Morgan fingerprint density at radius 2 is 1.65 bits per heavy atom. The van der Waals surface area contributed by atoms with Gasteiger partial charge in [-0.2, -0.15) is 0 Å². The van der Waals surface area contributed by atoms with Crippen LogP contribution in [0.2, 0.25) is 0 Å². The van der Waals surface area contributed by atoms with Gasteiger partial charge in [0.05, 0.1) is 0 Å². The molecule has 0 aliphatic carbocycles. The largest absolute Gasteiger partial charge is 0.386 e. The summed E-state index contributed by atoms with van der Waals surface area (Å²) < 4.78 is 0. The fourth-order valence-corrected chi connectivity index (χ4v) is 2.10. The number of hydrogen-bond acceptors (Lipinski definition) is 4. The molecule has 0 heterocycles. The summed E-state index contributed by atoms with van der Waals surface area (Å²) in [5, 5.41) is 20.9. The number of hydrogen-bond donors (Lipinski definition) is 1. The van der Waals surface area contributed by atoms with E-state index in [0.717, 1.165) is 25.5 Å². The number of carbonyl (C=O) groups excluding carboxylic acids is 1. The van der Waals surface area contributed by atoms with Gasteiger partial charge in [0.15, 0.2) is 0 Å². The summed E-state index contributed by atoms with van der Waals surface area (Å²) in [5.74, 6) is 0. The monoisotopic (exact) mass is 323 g/mol. The zero-order valence-corrected chi connectivity index (χ0v) is 14.0. The van der Waals surface area contributed by atoms with Crippen LogP contribution in [0.4, 0.5) is 0 Å². The van der Waals surface area contributed by atoms with E-state index in [1.54, 1.807) is 6.08 Å². The van der Waals surface area contributed by atoms with Crippen molar-refractivity contribution in [2.75, 3.05) is 0 Å². The Kier molecular flexibility index (Phi) is 14.0. The van der Waals surface area contributed by atoms with Crippen LogP contribution in [-0.4, -0.2) is 28.5 Å². The highest BCUT2D eigenvalue weighted by molar-refractivity contribution is 5.48. The van der Waals surface area contributed by atoms with Crippen LogP contribution in [0.5, 0.6) is 0 Å². The Hall–Kier alpha value is -1.75. The van der Waals surface area contributed by atoms with Gasteiger partial charge in [0, 0.05) is 17.8 Å². The first-order valence-corrected chi connectivity index (χ1v) is 8.33. The van der Waals surface area contributed by atoms with Crippen LogP contribution in [0.1, 0.15) is 58.3 Å². The van der Waals surface area contributed by atoms with Crippen molar-refractivity contribution >= 4 is 6.29 Å². The van der Waals surface area contributed by atoms with Crippen LogP contribution in [0.25, 0.3) is 0 Å². The van der Waals surface area contributed by atoms with E-state index >= 15 is 0 Å². The van der Waals surface area contributed by atoms with Crippen LogP contribution in [0, 0.1) is 10.1 Å². The van der Waals surface area contributed by atoms with Gasteiger partial charge in [-0.1, -0.05) is 49.8 Å². The molecular weight excluding hydrogens is 294 g/mol.